The number of halogens is 1. The second kappa shape index (κ2) is 7.67. The maximum absolute atomic E-state index is 9.98. The molecule has 3 heterocycles. The number of fused-ring (bicyclic) bond motifs is 2. The van der Waals surface area contributed by atoms with Crippen LogP contribution in [0.3, 0.4) is 0 Å². The number of ether oxygens (including phenoxy) is 3. The van der Waals surface area contributed by atoms with E-state index in [2.05, 4.69) is 28.9 Å². The minimum absolute atomic E-state index is 0.0738. The molecule has 2 aliphatic heterocycles. The number of benzene rings is 2. The van der Waals surface area contributed by atoms with Crippen LogP contribution in [-0.4, -0.2) is 16.6 Å². The van der Waals surface area contributed by atoms with E-state index in [0.717, 1.165) is 39.8 Å². The molecule has 8 heteroatoms. The number of nitrogens with two attached hydrogens (primary N) is 1. The summed E-state index contributed by atoms with van der Waals surface area (Å²) in [7, 11) is 0. The fourth-order valence-corrected chi connectivity index (χ4v) is 4.59. The second-order valence-corrected chi connectivity index (χ2v) is 8.17. The highest BCUT2D eigenvalue weighted by atomic mass is 79.9. The second-order valence-electron chi connectivity index (χ2n) is 7.31. The Labute approximate surface area is 187 Å². The lowest BCUT2D eigenvalue weighted by Crippen LogP contribution is -2.22. The molecule has 0 unspecified atom stereocenters. The van der Waals surface area contributed by atoms with Crippen LogP contribution in [0.1, 0.15) is 36.1 Å². The molecule has 0 saturated heterocycles. The van der Waals surface area contributed by atoms with Crippen LogP contribution in [0, 0.1) is 11.3 Å². The predicted octanol–water partition coefficient (Wildman–Crippen LogP) is 4.53. The van der Waals surface area contributed by atoms with Gasteiger partial charge < -0.3 is 19.9 Å². The summed E-state index contributed by atoms with van der Waals surface area (Å²) >= 11 is 3.65. The van der Waals surface area contributed by atoms with Crippen molar-refractivity contribution in [2.24, 2.45) is 5.73 Å². The molecule has 5 rings (SSSR count). The molecule has 2 aromatic carbocycles. The van der Waals surface area contributed by atoms with Crippen molar-refractivity contribution in [2.45, 2.75) is 25.7 Å². The Morgan fingerprint density at radius 3 is 2.68 bits per heavy atom. The van der Waals surface area contributed by atoms with Crippen LogP contribution in [0.5, 0.6) is 17.4 Å². The maximum Gasteiger partial charge on any atom is 0.231 e. The summed E-state index contributed by atoms with van der Waals surface area (Å²) < 4.78 is 19.6. The Balaban J connectivity index is 1.77. The molecule has 0 amide bonds. The van der Waals surface area contributed by atoms with Crippen molar-refractivity contribution in [1.29, 1.82) is 5.26 Å². The number of aromatic nitrogens is 2. The average molecular weight is 479 g/mol. The fraction of sp³-hybridized carbons (Fsp3) is 0.217. The molecule has 31 heavy (non-hydrogen) atoms. The third kappa shape index (κ3) is 3.13. The van der Waals surface area contributed by atoms with Crippen LogP contribution in [0.2, 0.25) is 0 Å². The molecule has 0 aliphatic carbocycles. The van der Waals surface area contributed by atoms with Gasteiger partial charge in [0.2, 0.25) is 18.6 Å². The minimum Gasteiger partial charge on any atom is -0.454 e. The van der Waals surface area contributed by atoms with Crippen molar-refractivity contribution in [3.05, 3.63) is 75.2 Å². The van der Waals surface area contributed by atoms with Gasteiger partial charge in [0.15, 0.2) is 11.5 Å². The van der Waals surface area contributed by atoms with Gasteiger partial charge in [-0.2, -0.15) is 10.4 Å². The Morgan fingerprint density at radius 1 is 1.23 bits per heavy atom. The summed E-state index contributed by atoms with van der Waals surface area (Å²) in [5.74, 6) is 1.45. The quantitative estimate of drug-likeness (QED) is 0.591. The number of rotatable bonds is 4. The largest absolute Gasteiger partial charge is 0.454 e. The zero-order valence-corrected chi connectivity index (χ0v) is 18.3. The van der Waals surface area contributed by atoms with Gasteiger partial charge in [-0.25, -0.2) is 4.68 Å². The molecule has 0 spiro atoms. The van der Waals surface area contributed by atoms with Gasteiger partial charge in [-0.05, 0) is 36.2 Å². The molecular formula is C23H19BrN4O3. The zero-order chi connectivity index (χ0) is 21.5. The third-order valence-corrected chi connectivity index (χ3v) is 6.10. The first-order valence-corrected chi connectivity index (χ1v) is 10.8. The van der Waals surface area contributed by atoms with Crippen molar-refractivity contribution < 1.29 is 14.2 Å². The lowest BCUT2D eigenvalue weighted by molar-refractivity contribution is 0.174. The van der Waals surface area contributed by atoms with Gasteiger partial charge in [-0.1, -0.05) is 47.5 Å². The molecule has 0 radical (unpaired) electrons. The van der Waals surface area contributed by atoms with E-state index in [9.17, 15) is 5.26 Å². The van der Waals surface area contributed by atoms with Crippen molar-refractivity contribution >= 4 is 15.9 Å². The van der Waals surface area contributed by atoms with Crippen LogP contribution in [0.15, 0.2) is 58.4 Å². The van der Waals surface area contributed by atoms with Crippen LogP contribution >= 0.6 is 15.9 Å². The molecular weight excluding hydrogens is 460 g/mol. The van der Waals surface area contributed by atoms with E-state index in [-0.39, 0.29) is 12.7 Å². The minimum atomic E-state index is -0.448. The van der Waals surface area contributed by atoms with Gasteiger partial charge in [0.05, 0.1) is 22.9 Å². The predicted molar refractivity (Wildman–Crippen MR) is 117 cm³/mol. The highest BCUT2D eigenvalue weighted by Gasteiger charge is 2.38. The highest BCUT2D eigenvalue weighted by Crippen LogP contribution is 2.49. The van der Waals surface area contributed by atoms with E-state index < -0.39 is 5.92 Å². The van der Waals surface area contributed by atoms with E-state index >= 15 is 0 Å². The third-order valence-electron chi connectivity index (χ3n) is 5.41. The average Bonchev–Trinajstić information content (AvgIpc) is 3.37. The van der Waals surface area contributed by atoms with E-state index in [1.165, 1.54) is 0 Å². The standard InChI is InChI=1S/C23H19BrN4O3/c1-2-6-17-21-20(14-9-18-19(10-16(14)24)30-12-29-18)15(11-25)22(26)31-23(21)28(27-17)13-7-4-3-5-8-13/h3-5,7-10,20H,2,6,12,26H2,1H3/t20-/m0/s1. The molecule has 7 nitrogen and oxygen atoms in total. The van der Waals surface area contributed by atoms with Gasteiger partial charge in [0.1, 0.15) is 11.6 Å². The topological polar surface area (TPSA) is 95.3 Å². The Morgan fingerprint density at radius 2 is 1.97 bits per heavy atom. The molecule has 156 valence electrons. The number of hydrogen-bond donors (Lipinski definition) is 1. The number of nitrogens with zero attached hydrogens (tertiary/aromatic N) is 3. The fourth-order valence-electron chi connectivity index (χ4n) is 4.04. The van der Waals surface area contributed by atoms with Crippen molar-refractivity contribution in [3.8, 4) is 29.1 Å². The molecule has 3 aromatic rings. The molecule has 0 bridgehead atoms. The first-order chi connectivity index (χ1) is 15.1. The van der Waals surface area contributed by atoms with E-state index in [4.69, 9.17) is 25.0 Å². The molecule has 2 N–H and O–H groups in total. The molecule has 0 saturated carbocycles. The van der Waals surface area contributed by atoms with Crippen molar-refractivity contribution in [3.63, 3.8) is 0 Å². The SMILES string of the molecule is CCCc1nn(-c2ccccc2)c2c1[C@@H](c1cc3c(cc1Br)OCO3)C(C#N)=C(N)O2. The highest BCUT2D eigenvalue weighted by molar-refractivity contribution is 9.10. The maximum atomic E-state index is 9.98. The van der Waals surface area contributed by atoms with Gasteiger partial charge in [0.25, 0.3) is 0 Å². The smallest absolute Gasteiger partial charge is 0.231 e. The van der Waals surface area contributed by atoms with E-state index in [0.29, 0.717) is 23.0 Å². The number of allylic oxidation sites excluding steroid dienone is 1. The van der Waals surface area contributed by atoms with Gasteiger partial charge in [-0.3, -0.25) is 0 Å². The summed E-state index contributed by atoms with van der Waals surface area (Å²) in [5, 5.41) is 14.8. The van der Waals surface area contributed by atoms with Crippen LogP contribution in [0.4, 0.5) is 0 Å². The van der Waals surface area contributed by atoms with Crippen molar-refractivity contribution in [1.82, 2.24) is 9.78 Å². The Bertz CT molecular complexity index is 1240. The monoisotopic (exact) mass is 478 g/mol. The lowest BCUT2D eigenvalue weighted by atomic mass is 9.83. The number of hydrogen-bond acceptors (Lipinski definition) is 6. The normalized spacial score (nSPS) is 16.6. The van der Waals surface area contributed by atoms with Crippen LogP contribution in [0.25, 0.3) is 5.69 Å². The zero-order valence-electron chi connectivity index (χ0n) is 16.8. The number of para-hydroxylation sites is 1. The number of aryl methyl sites for hydroxylation is 1. The van der Waals surface area contributed by atoms with Crippen LogP contribution < -0.4 is 19.9 Å². The molecule has 1 aromatic heterocycles. The summed E-state index contributed by atoms with van der Waals surface area (Å²) in [4.78, 5) is 0. The number of nitriles is 1. The van der Waals surface area contributed by atoms with Crippen LogP contribution in [-0.2, 0) is 6.42 Å². The summed E-state index contributed by atoms with van der Waals surface area (Å²) in [5.41, 5.74) is 10.0. The summed E-state index contributed by atoms with van der Waals surface area (Å²) in [6.07, 6.45) is 1.64. The van der Waals surface area contributed by atoms with Crippen molar-refractivity contribution in [2.75, 3.05) is 6.79 Å². The van der Waals surface area contributed by atoms with Gasteiger partial charge >= 0.3 is 0 Å². The first kappa shape index (κ1) is 19.5. The van der Waals surface area contributed by atoms with Gasteiger partial charge in [-0.15, -0.1) is 0 Å². The first-order valence-electron chi connectivity index (χ1n) is 9.96. The molecule has 2 aliphatic rings. The van der Waals surface area contributed by atoms with E-state index in [1.807, 2.05) is 42.5 Å². The lowest BCUT2D eigenvalue weighted by Gasteiger charge is -2.26. The molecule has 0 fully saturated rings. The Kier molecular flexibility index (Phi) is 4.83. The Hall–Kier alpha value is -3.44. The summed E-state index contributed by atoms with van der Waals surface area (Å²) in [6, 6.07) is 15.8. The summed E-state index contributed by atoms with van der Waals surface area (Å²) in [6.45, 7) is 2.26. The molecule has 1 atom stereocenters. The van der Waals surface area contributed by atoms with Gasteiger partial charge in [0, 0.05) is 4.47 Å². The van der Waals surface area contributed by atoms with E-state index in [1.54, 1.807) is 4.68 Å².